The van der Waals surface area contributed by atoms with Crippen LogP contribution in [0.25, 0.3) is 0 Å². The number of hydrogen-bond donors (Lipinski definition) is 1. The molecule has 7 nitrogen and oxygen atoms in total. The van der Waals surface area contributed by atoms with Crippen LogP contribution in [0.2, 0.25) is 0 Å². The number of ether oxygens (including phenoxy) is 2. The predicted molar refractivity (Wildman–Crippen MR) is 96.6 cm³/mol. The van der Waals surface area contributed by atoms with E-state index in [-0.39, 0.29) is 17.9 Å². The molecule has 27 heavy (non-hydrogen) atoms. The molecule has 1 N–H and O–H groups in total. The highest BCUT2D eigenvalue weighted by Gasteiger charge is 2.27. The molecule has 1 atom stereocenters. The molecule has 0 saturated heterocycles. The first-order valence-corrected chi connectivity index (χ1v) is 8.41. The molecule has 0 amide bonds. The van der Waals surface area contributed by atoms with Crippen molar-refractivity contribution in [3.05, 3.63) is 57.9 Å². The first-order chi connectivity index (χ1) is 12.8. The number of aryl methyl sites for hydroxylation is 1. The summed E-state index contributed by atoms with van der Waals surface area (Å²) in [5.74, 6) is -1.63. The Morgan fingerprint density at radius 2 is 1.78 bits per heavy atom. The fraction of sp³-hybridized carbons (Fsp3) is 0.300. The van der Waals surface area contributed by atoms with Gasteiger partial charge in [-0.25, -0.2) is 9.59 Å². The van der Waals surface area contributed by atoms with Gasteiger partial charge in [0.1, 0.15) is 0 Å². The highest BCUT2D eigenvalue weighted by Crippen LogP contribution is 2.21. The average Bonchev–Trinajstić information content (AvgIpc) is 2.95. The molecular weight excluding hydrogens is 348 g/mol. The predicted octanol–water partition coefficient (Wildman–Crippen LogP) is 3.11. The van der Waals surface area contributed by atoms with Crippen molar-refractivity contribution in [2.75, 3.05) is 6.61 Å². The molecule has 0 aliphatic rings. The number of carbonyl (C=O) groups excluding carboxylic acids is 3. The van der Waals surface area contributed by atoms with Crippen LogP contribution in [0.1, 0.15) is 61.9 Å². The molecule has 0 fully saturated rings. The Bertz CT molecular complexity index is 919. The number of nitriles is 1. The summed E-state index contributed by atoms with van der Waals surface area (Å²) in [6.45, 7) is 6.70. The van der Waals surface area contributed by atoms with E-state index in [0.717, 1.165) is 0 Å². The number of rotatable bonds is 6. The largest absolute Gasteiger partial charge is 0.462 e. The van der Waals surface area contributed by atoms with Crippen molar-refractivity contribution in [3.8, 4) is 6.07 Å². The number of ketones is 1. The van der Waals surface area contributed by atoms with E-state index >= 15 is 0 Å². The van der Waals surface area contributed by atoms with E-state index in [1.807, 2.05) is 6.07 Å². The minimum atomic E-state index is -1.06. The number of esters is 2. The van der Waals surface area contributed by atoms with Crippen molar-refractivity contribution in [1.29, 1.82) is 5.26 Å². The molecule has 1 heterocycles. The average molecular weight is 368 g/mol. The van der Waals surface area contributed by atoms with Crippen molar-refractivity contribution in [2.24, 2.45) is 0 Å². The third kappa shape index (κ3) is 4.23. The zero-order valence-corrected chi connectivity index (χ0v) is 15.6. The van der Waals surface area contributed by atoms with Gasteiger partial charge in [-0.15, -0.1) is 0 Å². The summed E-state index contributed by atoms with van der Waals surface area (Å²) in [7, 11) is 0. The van der Waals surface area contributed by atoms with Crippen LogP contribution >= 0.6 is 0 Å². The van der Waals surface area contributed by atoms with Gasteiger partial charge in [0.15, 0.2) is 6.10 Å². The number of aromatic nitrogens is 1. The number of hydrogen-bond acceptors (Lipinski definition) is 6. The Labute approximate surface area is 156 Å². The molecule has 140 valence electrons. The molecule has 0 unspecified atom stereocenters. The van der Waals surface area contributed by atoms with Crippen LogP contribution in [0.15, 0.2) is 24.3 Å². The lowest BCUT2D eigenvalue weighted by Gasteiger charge is -2.12. The van der Waals surface area contributed by atoms with Gasteiger partial charge in [-0.1, -0.05) is 0 Å². The van der Waals surface area contributed by atoms with Gasteiger partial charge in [0.2, 0.25) is 5.78 Å². The van der Waals surface area contributed by atoms with Crippen molar-refractivity contribution in [1.82, 2.24) is 4.98 Å². The fourth-order valence-corrected chi connectivity index (χ4v) is 2.67. The number of nitrogens with one attached hydrogen (secondary N) is 1. The Balaban J connectivity index is 2.17. The van der Waals surface area contributed by atoms with Crippen molar-refractivity contribution < 1.29 is 23.9 Å². The van der Waals surface area contributed by atoms with E-state index < -0.39 is 23.8 Å². The first-order valence-electron chi connectivity index (χ1n) is 8.41. The van der Waals surface area contributed by atoms with Crippen molar-refractivity contribution in [3.63, 3.8) is 0 Å². The standard InChI is InChI=1S/C20H20N2O5/c1-5-26-20(25)16-11(2)17(22-12(16)3)18(23)13(4)27-19(24)15-8-6-14(10-21)7-9-15/h6-9,13,22H,5H2,1-4H3/t13-/m1/s1. The van der Waals surface area contributed by atoms with E-state index in [9.17, 15) is 14.4 Å². The van der Waals surface area contributed by atoms with Crippen molar-refractivity contribution in [2.45, 2.75) is 33.8 Å². The highest BCUT2D eigenvalue weighted by atomic mass is 16.5. The summed E-state index contributed by atoms with van der Waals surface area (Å²) in [6.07, 6.45) is -1.06. The molecule has 1 aromatic heterocycles. The van der Waals surface area contributed by atoms with Gasteiger partial charge >= 0.3 is 11.9 Å². The van der Waals surface area contributed by atoms with Gasteiger partial charge in [-0.05, 0) is 57.5 Å². The number of benzene rings is 1. The number of H-pyrrole nitrogens is 1. The highest BCUT2D eigenvalue weighted by molar-refractivity contribution is 6.04. The first kappa shape index (κ1) is 19.9. The summed E-state index contributed by atoms with van der Waals surface area (Å²) in [5, 5.41) is 8.79. The third-order valence-electron chi connectivity index (χ3n) is 4.07. The van der Waals surface area contributed by atoms with E-state index in [4.69, 9.17) is 14.7 Å². The van der Waals surface area contributed by atoms with Gasteiger partial charge in [0.25, 0.3) is 0 Å². The normalized spacial score (nSPS) is 11.4. The molecule has 0 aliphatic carbocycles. The number of carbonyl (C=O) groups is 3. The van der Waals surface area contributed by atoms with Crippen molar-refractivity contribution >= 4 is 17.7 Å². The molecule has 2 aromatic rings. The molecular formula is C20H20N2O5. The lowest BCUT2D eigenvalue weighted by molar-refractivity contribution is 0.0316. The third-order valence-corrected chi connectivity index (χ3v) is 4.07. The van der Waals surface area contributed by atoms with Gasteiger partial charge < -0.3 is 14.5 Å². The maximum atomic E-state index is 12.7. The number of Topliss-reactive ketones (excluding diaryl/α,β-unsaturated/α-hetero) is 1. The van der Waals surface area contributed by atoms with E-state index in [0.29, 0.717) is 22.4 Å². The lowest BCUT2D eigenvalue weighted by Crippen LogP contribution is -2.25. The van der Waals surface area contributed by atoms with Gasteiger partial charge in [0, 0.05) is 5.69 Å². The second-order valence-corrected chi connectivity index (χ2v) is 5.95. The van der Waals surface area contributed by atoms with Crippen LogP contribution in [-0.2, 0) is 9.47 Å². The fourth-order valence-electron chi connectivity index (χ4n) is 2.67. The topological polar surface area (TPSA) is 109 Å². The minimum Gasteiger partial charge on any atom is -0.462 e. The summed E-state index contributed by atoms with van der Waals surface area (Å²) >= 11 is 0. The molecule has 0 bridgehead atoms. The Morgan fingerprint density at radius 3 is 2.33 bits per heavy atom. The number of aromatic amines is 1. The zero-order chi connectivity index (χ0) is 20.1. The van der Waals surface area contributed by atoms with E-state index in [1.54, 1.807) is 20.8 Å². The van der Waals surface area contributed by atoms with Crippen LogP contribution in [0.5, 0.6) is 0 Å². The number of nitrogens with zero attached hydrogens (tertiary/aromatic N) is 1. The summed E-state index contributed by atoms with van der Waals surface area (Å²) in [5.41, 5.74) is 2.14. The summed E-state index contributed by atoms with van der Waals surface area (Å²) in [4.78, 5) is 39.8. The monoisotopic (exact) mass is 368 g/mol. The van der Waals surface area contributed by atoms with Crippen LogP contribution in [0.4, 0.5) is 0 Å². The van der Waals surface area contributed by atoms with Gasteiger partial charge in [0.05, 0.1) is 35.1 Å². The van der Waals surface area contributed by atoms with E-state index in [2.05, 4.69) is 4.98 Å². The molecule has 1 aromatic carbocycles. The van der Waals surface area contributed by atoms with Crippen LogP contribution < -0.4 is 0 Å². The molecule has 0 radical (unpaired) electrons. The molecule has 7 heteroatoms. The maximum Gasteiger partial charge on any atom is 0.340 e. The SMILES string of the molecule is CCOC(=O)c1c(C)[nH]c(C(=O)[C@@H](C)OC(=O)c2ccc(C#N)cc2)c1C. The summed E-state index contributed by atoms with van der Waals surface area (Å²) < 4.78 is 10.2. The molecule has 2 rings (SSSR count). The second-order valence-electron chi connectivity index (χ2n) is 5.95. The molecule has 0 spiro atoms. The smallest absolute Gasteiger partial charge is 0.340 e. The lowest BCUT2D eigenvalue weighted by atomic mass is 10.1. The second kappa shape index (κ2) is 8.32. The summed E-state index contributed by atoms with van der Waals surface area (Å²) in [6, 6.07) is 7.86. The molecule has 0 saturated carbocycles. The van der Waals surface area contributed by atoms with Gasteiger partial charge in [-0.2, -0.15) is 5.26 Å². The van der Waals surface area contributed by atoms with Crippen LogP contribution in [0.3, 0.4) is 0 Å². The van der Waals surface area contributed by atoms with Crippen LogP contribution in [-0.4, -0.2) is 35.4 Å². The Kier molecular flexibility index (Phi) is 6.14. The minimum absolute atomic E-state index is 0.204. The van der Waals surface area contributed by atoms with E-state index in [1.165, 1.54) is 31.2 Å². The van der Waals surface area contributed by atoms with Gasteiger partial charge in [-0.3, -0.25) is 4.79 Å². The Hall–Kier alpha value is -3.40. The maximum absolute atomic E-state index is 12.7. The Morgan fingerprint density at radius 1 is 1.15 bits per heavy atom. The zero-order valence-electron chi connectivity index (χ0n) is 15.6. The quantitative estimate of drug-likeness (QED) is 0.620. The van der Waals surface area contributed by atoms with Crippen LogP contribution in [0, 0.1) is 25.2 Å². The molecule has 0 aliphatic heterocycles.